The number of benzene rings is 2. The average molecular weight is 289 g/mol. The van der Waals surface area contributed by atoms with Crippen molar-refractivity contribution in [3.8, 4) is 6.07 Å². The van der Waals surface area contributed by atoms with Crippen LogP contribution in [0.15, 0.2) is 42.5 Å². The van der Waals surface area contributed by atoms with Gasteiger partial charge in [-0.05, 0) is 30.7 Å². The summed E-state index contributed by atoms with van der Waals surface area (Å²) < 4.78 is 13.9. The summed E-state index contributed by atoms with van der Waals surface area (Å²) in [7, 11) is 0. The summed E-state index contributed by atoms with van der Waals surface area (Å²) in [4.78, 5) is 0. The molecule has 0 fully saturated rings. The molecule has 1 atom stereocenters. The first-order valence-corrected chi connectivity index (χ1v) is 6.74. The SMILES string of the molecule is CCC(Nc1cc(Cl)ccc1C#N)c1ccccc1F. The molecule has 1 N–H and O–H groups in total. The van der Waals surface area contributed by atoms with Crippen LogP contribution in [-0.2, 0) is 0 Å². The number of anilines is 1. The molecular formula is C16H14ClFN2. The minimum Gasteiger partial charge on any atom is -0.377 e. The highest BCUT2D eigenvalue weighted by Crippen LogP contribution is 2.28. The molecule has 0 saturated carbocycles. The molecule has 1 unspecified atom stereocenters. The Morgan fingerprint density at radius 3 is 2.70 bits per heavy atom. The molecule has 0 saturated heterocycles. The minimum absolute atomic E-state index is 0.207. The predicted molar refractivity (Wildman–Crippen MR) is 79.2 cm³/mol. The van der Waals surface area contributed by atoms with Crippen molar-refractivity contribution >= 4 is 17.3 Å². The number of hydrogen-bond donors (Lipinski definition) is 1. The summed E-state index contributed by atoms with van der Waals surface area (Å²) in [5.41, 5.74) is 1.69. The van der Waals surface area contributed by atoms with Crippen molar-refractivity contribution in [2.75, 3.05) is 5.32 Å². The van der Waals surface area contributed by atoms with E-state index >= 15 is 0 Å². The standard InChI is InChI=1S/C16H14ClFN2/c1-2-15(13-5-3-4-6-14(13)18)20-16-9-12(17)8-7-11(16)10-19/h3-9,15,20H,2H2,1H3. The van der Waals surface area contributed by atoms with Gasteiger partial charge in [0.25, 0.3) is 0 Å². The maximum atomic E-state index is 13.9. The molecule has 0 amide bonds. The minimum atomic E-state index is -0.257. The zero-order valence-corrected chi connectivity index (χ0v) is 11.8. The summed E-state index contributed by atoms with van der Waals surface area (Å²) in [6.45, 7) is 1.96. The smallest absolute Gasteiger partial charge is 0.128 e. The Balaban J connectivity index is 2.34. The van der Waals surface area contributed by atoms with Crippen molar-refractivity contribution < 1.29 is 4.39 Å². The number of halogens is 2. The van der Waals surface area contributed by atoms with Crippen molar-refractivity contribution in [2.45, 2.75) is 19.4 Å². The second-order valence-corrected chi connectivity index (χ2v) is 4.86. The molecule has 102 valence electrons. The quantitative estimate of drug-likeness (QED) is 0.867. The van der Waals surface area contributed by atoms with Crippen LogP contribution < -0.4 is 5.32 Å². The highest BCUT2D eigenvalue weighted by atomic mass is 35.5. The van der Waals surface area contributed by atoms with Gasteiger partial charge in [-0.1, -0.05) is 36.7 Å². The van der Waals surface area contributed by atoms with E-state index in [0.29, 0.717) is 28.3 Å². The summed E-state index contributed by atoms with van der Waals surface area (Å²) in [6.07, 6.45) is 0.693. The summed E-state index contributed by atoms with van der Waals surface area (Å²) in [5.74, 6) is -0.257. The van der Waals surface area contributed by atoms with E-state index in [2.05, 4.69) is 11.4 Å². The van der Waals surface area contributed by atoms with Gasteiger partial charge in [0.1, 0.15) is 11.9 Å². The third-order valence-corrected chi connectivity index (χ3v) is 3.36. The first-order chi connectivity index (χ1) is 9.65. The fourth-order valence-electron chi connectivity index (χ4n) is 2.08. The zero-order valence-electron chi connectivity index (χ0n) is 11.0. The van der Waals surface area contributed by atoms with Gasteiger partial charge in [0, 0.05) is 10.6 Å². The van der Waals surface area contributed by atoms with Gasteiger partial charge in [-0.3, -0.25) is 0 Å². The Morgan fingerprint density at radius 1 is 1.30 bits per heavy atom. The van der Waals surface area contributed by atoms with E-state index in [1.165, 1.54) is 6.07 Å². The predicted octanol–water partition coefficient (Wildman–Crippen LogP) is 4.91. The van der Waals surface area contributed by atoms with Crippen LogP contribution in [0.4, 0.5) is 10.1 Å². The first-order valence-electron chi connectivity index (χ1n) is 6.36. The van der Waals surface area contributed by atoms with E-state index in [4.69, 9.17) is 16.9 Å². The summed E-state index contributed by atoms with van der Waals surface area (Å²) in [5, 5.41) is 12.8. The number of nitrogens with one attached hydrogen (secondary N) is 1. The molecule has 0 radical (unpaired) electrons. The van der Waals surface area contributed by atoms with Crippen LogP contribution in [0.3, 0.4) is 0 Å². The highest BCUT2D eigenvalue weighted by molar-refractivity contribution is 6.30. The van der Waals surface area contributed by atoms with E-state index in [-0.39, 0.29) is 11.9 Å². The largest absolute Gasteiger partial charge is 0.377 e. The van der Waals surface area contributed by atoms with E-state index < -0.39 is 0 Å². The lowest BCUT2D eigenvalue weighted by atomic mass is 10.0. The van der Waals surface area contributed by atoms with Crippen molar-refractivity contribution in [3.05, 3.63) is 64.4 Å². The lowest BCUT2D eigenvalue weighted by molar-refractivity contribution is 0.587. The zero-order chi connectivity index (χ0) is 14.5. The van der Waals surface area contributed by atoms with Gasteiger partial charge in [0.15, 0.2) is 0 Å². The maximum absolute atomic E-state index is 13.9. The Kier molecular flexibility index (Phi) is 4.60. The third kappa shape index (κ3) is 3.09. The van der Waals surface area contributed by atoms with Crippen LogP contribution in [0.25, 0.3) is 0 Å². The molecule has 2 aromatic rings. The molecule has 4 heteroatoms. The van der Waals surface area contributed by atoms with Crippen LogP contribution >= 0.6 is 11.6 Å². The molecule has 20 heavy (non-hydrogen) atoms. The molecule has 0 aliphatic heterocycles. The maximum Gasteiger partial charge on any atom is 0.128 e. The van der Waals surface area contributed by atoms with Crippen molar-refractivity contribution in [2.24, 2.45) is 0 Å². The molecule has 0 aliphatic rings. The van der Waals surface area contributed by atoms with Crippen molar-refractivity contribution in [1.29, 1.82) is 5.26 Å². The van der Waals surface area contributed by atoms with E-state index in [0.717, 1.165) is 0 Å². The monoisotopic (exact) mass is 288 g/mol. The Labute approximate surface area is 122 Å². The van der Waals surface area contributed by atoms with Gasteiger partial charge in [-0.15, -0.1) is 0 Å². The Morgan fingerprint density at radius 2 is 2.05 bits per heavy atom. The molecule has 0 bridgehead atoms. The number of nitrogens with zero attached hydrogens (tertiary/aromatic N) is 1. The van der Waals surface area contributed by atoms with Crippen LogP contribution in [-0.4, -0.2) is 0 Å². The Hall–Kier alpha value is -2.05. The van der Waals surface area contributed by atoms with Gasteiger partial charge in [0.05, 0.1) is 17.3 Å². The van der Waals surface area contributed by atoms with E-state index in [9.17, 15) is 4.39 Å². The average Bonchev–Trinajstić information content (AvgIpc) is 2.46. The topological polar surface area (TPSA) is 35.8 Å². The fourth-order valence-corrected chi connectivity index (χ4v) is 2.25. The van der Waals surface area contributed by atoms with Crippen LogP contribution in [0, 0.1) is 17.1 Å². The molecule has 2 aromatic carbocycles. The second-order valence-electron chi connectivity index (χ2n) is 4.43. The van der Waals surface area contributed by atoms with Gasteiger partial charge in [-0.2, -0.15) is 5.26 Å². The van der Waals surface area contributed by atoms with Crippen LogP contribution in [0.5, 0.6) is 0 Å². The summed E-state index contributed by atoms with van der Waals surface area (Å²) >= 11 is 5.95. The van der Waals surface area contributed by atoms with Crippen LogP contribution in [0.2, 0.25) is 5.02 Å². The van der Waals surface area contributed by atoms with E-state index in [1.54, 1.807) is 36.4 Å². The van der Waals surface area contributed by atoms with E-state index in [1.807, 2.05) is 6.92 Å². The highest BCUT2D eigenvalue weighted by Gasteiger charge is 2.15. The molecule has 0 heterocycles. The third-order valence-electron chi connectivity index (χ3n) is 3.12. The molecule has 2 nitrogen and oxygen atoms in total. The van der Waals surface area contributed by atoms with Gasteiger partial charge < -0.3 is 5.32 Å². The molecule has 2 rings (SSSR count). The Bertz CT molecular complexity index is 649. The number of rotatable bonds is 4. The van der Waals surface area contributed by atoms with Gasteiger partial charge in [-0.25, -0.2) is 4.39 Å². The first kappa shape index (κ1) is 14.4. The fraction of sp³-hybridized carbons (Fsp3) is 0.188. The normalized spacial score (nSPS) is 11.7. The molecular weight excluding hydrogens is 275 g/mol. The van der Waals surface area contributed by atoms with Crippen molar-refractivity contribution in [3.63, 3.8) is 0 Å². The van der Waals surface area contributed by atoms with Crippen LogP contribution in [0.1, 0.15) is 30.5 Å². The molecule has 0 aliphatic carbocycles. The lowest BCUT2D eigenvalue weighted by Gasteiger charge is -2.20. The summed E-state index contributed by atoms with van der Waals surface area (Å²) in [6, 6.07) is 13.5. The lowest BCUT2D eigenvalue weighted by Crippen LogP contribution is -2.12. The number of hydrogen-bond acceptors (Lipinski definition) is 2. The second kappa shape index (κ2) is 6.40. The van der Waals surface area contributed by atoms with Crippen molar-refractivity contribution in [1.82, 2.24) is 0 Å². The molecule has 0 aromatic heterocycles. The van der Waals surface area contributed by atoms with Gasteiger partial charge >= 0.3 is 0 Å². The molecule has 0 spiro atoms. The van der Waals surface area contributed by atoms with Gasteiger partial charge in [0.2, 0.25) is 0 Å². The number of nitriles is 1.